The van der Waals surface area contributed by atoms with Crippen LogP contribution in [0.15, 0.2) is 65.8 Å². The number of aryl methyl sites for hydroxylation is 2. The standard InChI is InChI=1S/C28H27F3N4O4/c1-38-26(37)10-7-19-6-8-20(16-23(19)28(29,30)31)35-25(36)9-5-18-3-2-4-21(15-18)39-22-11-12-32-24(17-22)27-33-13-14-34-27/h2-4,6,8,11-12,15-17H,5,7,9-10,13-14H2,1H3,(H,33,34)(H,35,36). The first kappa shape index (κ1) is 27.6. The summed E-state index contributed by atoms with van der Waals surface area (Å²) in [5.41, 5.74) is 0.595. The summed E-state index contributed by atoms with van der Waals surface area (Å²) in [7, 11) is 1.18. The molecule has 0 spiro atoms. The normalized spacial score (nSPS) is 12.9. The average Bonchev–Trinajstić information content (AvgIpc) is 3.46. The van der Waals surface area contributed by atoms with Crippen LogP contribution in [0.4, 0.5) is 18.9 Å². The van der Waals surface area contributed by atoms with E-state index in [1.807, 2.05) is 6.07 Å². The molecule has 0 aliphatic carbocycles. The molecule has 1 aliphatic rings. The summed E-state index contributed by atoms with van der Waals surface area (Å²) in [6.45, 7) is 1.47. The van der Waals surface area contributed by atoms with Crippen LogP contribution in [-0.4, -0.2) is 42.9 Å². The monoisotopic (exact) mass is 540 g/mol. The predicted octanol–water partition coefficient (Wildman–Crippen LogP) is 4.92. The molecule has 0 radical (unpaired) electrons. The third kappa shape index (κ3) is 7.79. The van der Waals surface area contributed by atoms with Crippen LogP contribution in [0.25, 0.3) is 0 Å². The molecule has 8 nitrogen and oxygen atoms in total. The molecule has 1 aromatic heterocycles. The molecule has 2 N–H and O–H groups in total. The molecular weight excluding hydrogens is 513 g/mol. The van der Waals surface area contributed by atoms with Crippen molar-refractivity contribution in [2.75, 3.05) is 25.5 Å². The highest BCUT2D eigenvalue weighted by atomic mass is 19.4. The summed E-state index contributed by atoms with van der Waals surface area (Å²) in [6, 6.07) is 14.3. The summed E-state index contributed by atoms with van der Waals surface area (Å²) in [6.07, 6.45) is -2.89. The number of benzene rings is 2. The van der Waals surface area contributed by atoms with Crippen molar-refractivity contribution in [3.63, 3.8) is 0 Å². The minimum atomic E-state index is -4.64. The van der Waals surface area contributed by atoms with Crippen LogP contribution in [0.3, 0.4) is 0 Å². The number of esters is 1. The molecule has 3 aromatic rings. The minimum absolute atomic E-state index is 0.0288. The van der Waals surface area contributed by atoms with E-state index in [1.54, 1.807) is 36.5 Å². The molecule has 11 heteroatoms. The quantitative estimate of drug-likeness (QED) is 0.354. The number of nitrogens with zero attached hydrogens (tertiary/aromatic N) is 2. The third-order valence-corrected chi connectivity index (χ3v) is 5.95. The van der Waals surface area contributed by atoms with Crippen molar-refractivity contribution in [3.8, 4) is 11.5 Å². The van der Waals surface area contributed by atoms with Gasteiger partial charge in [0.05, 0.1) is 19.2 Å². The summed E-state index contributed by atoms with van der Waals surface area (Å²) in [4.78, 5) is 32.5. The molecule has 2 heterocycles. The first-order chi connectivity index (χ1) is 18.7. The van der Waals surface area contributed by atoms with E-state index in [-0.39, 0.29) is 30.5 Å². The molecule has 4 rings (SSSR count). The van der Waals surface area contributed by atoms with Crippen LogP contribution in [0, 0.1) is 0 Å². The van der Waals surface area contributed by atoms with Crippen molar-refractivity contribution in [3.05, 3.63) is 83.2 Å². The van der Waals surface area contributed by atoms with E-state index >= 15 is 0 Å². The van der Waals surface area contributed by atoms with Gasteiger partial charge in [-0.05, 0) is 54.3 Å². The number of aromatic nitrogens is 1. The lowest BCUT2D eigenvalue weighted by molar-refractivity contribution is -0.142. The first-order valence-corrected chi connectivity index (χ1v) is 12.3. The molecule has 39 heavy (non-hydrogen) atoms. The number of aliphatic imine (C=N–C) groups is 1. The Hall–Kier alpha value is -4.41. The lowest BCUT2D eigenvalue weighted by Gasteiger charge is -2.15. The summed E-state index contributed by atoms with van der Waals surface area (Å²) in [5, 5.41) is 5.69. The molecule has 0 unspecified atom stereocenters. The van der Waals surface area contributed by atoms with Crippen molar-refractivity contribution < 1.29 is 32.2 Å². The molecule has 0 saturated carbocycles. The van der Waals surface area contributed by atoms with Gasteiger partial charge in [-0.3, -0.25) is 19.6 Å². The van der Waals surface area contributed by atoms with Gasteiger partial charge in [0.2, 0.25) is 5.91 Å². The van der Waals surface area contributed by atoms with Gasteiger partial charge in [0.25, 0.3) is 0 Å². The molecule has 2 aromatic carbocycles. The van der Waals surface area contributed by atoms with Gasteiger partial charge in [-0.15, -0.1) is 0 Å². The molecule has 1 amide bonds. The van der Waals surface area contributed by atoms with Gasteiger partial charge in [0.1, 0.15) is 23.0 Å². The number of carbonyl (C=O) groups excluding carboxylic acids is 2. The van der Waals surface area contributed by atoms with Crippen LogP contribution in [0.5, 0.6) is 11.5 Å². The number of hydrogen-bond acceptors (Lipinski definition) is 7. The molecule has 1 aliphatic heterocycles. The van der Waals surface area contributed by atoms with Crippen LogP contribution in [-0.2, 0) is 33.3 Å². The maximum atomic E-state index is 13.6. The zero-order valence-corrected chi connectivity index (χ0v) is 21.2. The highest BCUT2D eigenvalue weighted by Crippen LogP contribution is 2.34. The Labute approximate surface area is 223 Å². The molecule has 0 saturated heterocycles. The number of alkyl halides is 3. The molecule has 0 atom stereocenters. The van der Waals surface area contributed by atoms with Crippen molar-refractivity contribution in [2.45, 2.75) is 31.9 Å². The van der Waals surface area contributed by atoms with E-state index < -0.39 is 23.6 Å². The summed E-state index contributed by atoms with van der Waals surface area (Å²) < 4.78 is 51.2. The number of halogens is 3. The van der Waals surface area contributed by atoms with Gasteiger partial charge >= 0.3 is 12.1 Å². The van der Waals surface area contributed by atoms with E-state index in [0.29, 0.717) is 30.2 Å². The van der Waals surface area contributed by atoms with Gasteiger partial charge in [-0.2, -0.15) is 13.2 Å². The topological polar surface area (TPSA) is 102 Å². The molecule has 0 bridgehead atoms. The lowest BCUT2D eigenvalue weighted by Crippen LogP contribution is -2.20. The summed E-state index contributed by atoms with van der Waals surface area (Å²) >= 11 is 0. The molecule has 0 fully saturated rings. The lowest BCUT2D eigenvalue weighted by atomic mass is 10.0. The fourth-order valence-corrected chi connectivity index (χ4v) is 4.03. The second kappa shape index (κ2) is 12.4. The zero-order chi connectivity index (χ0) is 27.8. The van der Waals surface area contributed by atoms with Crippen molar-refractivity contribution in [1.82, 2.24) is 10.3 Å². The second-order valence-corrected chi connectivity index (χ2v) is 8.78. The van der Waals surface area contributed by atoms with E-state index in [0.717, 1.165) is 24.0 Å². The minimum Gasteiger partial charge on any atom is -0.469 e. The number of rotatable bonds is 10. The number of carbonyl (C=O) groups is 2. The Morgan fingerprint density at radius 2 is 1.85 bits per heavy atom. The van der Waals surface area contributed by atoms with Crippen LogP contribution in [0.2, 0.25) is 0 Å². The number of amidine groups is 1. The van der Waals surface area contributed by atoms with Crippen LogP contribution >= 0.6 is 0 Å². The Bertz CT molecular complexity index is 1370. The van der Waals surface area contributed by atoms with Gasteiger partial charge in [-0.1, -0.05) is 18.2 Å². The highest BCUT2D eigenvalue weighted by Gasteiger charge is 2.33. The van der Waals surface area contributed by atoms with E-state index in [2.05, 4.69) is 25.3 Å². The number of amides is 1. The van der Waals surface area contributed by atoms with Crippen LogP contribution in [0.1, 0.15) is 35.2 Å². The second-order valence-electron chi connectivity index (χ2n) is 8.78. The molecular formula is C28H27F3N4O4. The fourth-order valence-electron chi connectivity index (χ4n) is 4.03. The Balaban J connectivity index is 1.36. The number of ether oxygens (including phenoxy) is 2. The van der Waals surface area contributed by atoms with Gasteiger partial charge in [-0.25, -0.2) is 0 Å². The average molecular weight is 541 g/mol. The fraction of sp³-hybridized carbons (Fsp3) is 0.286. The van der Waals surface area contributed by atoms with Crippen molar-refractivity contribution >= 4 is 23.4 Å². The van der Waals surface area contributed by atoms with E-state index in [9.17, 15) is 22.8 Å². The highest BCUT2D eigenvalue weighted by molar-refractivity contribution is 5.98. The van der Waals surface area contributed by atoms with E-state index in [4.69, 9.17) is 4.74 Å². The number of anilines is 1. The Morgan fingerprint density at radius 1 is 1.03 bits per heavy atom. The Kier molecular flexibility index (Phi) is 8.80. The SMILES string of the molecule is COC(=O)CCc1ccc(NC(=O)CCc2cccc(Oc3ccnc(C4=NCCN4)c3)c2)cc1C(F)(F)F. The van der Waals surface area contributed by atoms with Gasteiger partial charge in [0, 0.05) is 37.3 Å². The maximum Gasteiger partial charge on any atom is 0.416 e. The van der Waals surface area contributed by atoms with Crippen molar-refractivity contribution in [1.29, 1.82) is 0 Å². The summed E-state index contributed by atoms with van der Waals surface area (Å²) in [5.74, 6) is 0.848. The van der Waals surface area contributed by atoms with Gasteiger partial charge < -0.3 is 20.1 Å². The number of nitrogens with one attached hydrogen (secondary N) is 2. The van der Waals surface area contributed by atoms with Crippen LogP contribution < -0.4 is 15.4 Å². The first-order valence-electron chi connectivity index (χ1n) is 12.3. The Morgan fingerprint density at radius 3 is 2.59 bits per heavy atom. The van der Waals surface area contributed by atoms with E-state index in [1.165, 1.54) is 19.2 Å². The molecule has 204 valence electrons. The van der Waals surface area contributed by atoms with Gasteiger partial charge in [0.15, 0.2) is 0 Å². The zero-order valence-electron chi connectivity index (χ0n) is 21.2. The number of pyridine rings is 1. The largest absolute Gasteiger partial charge is 0.469 e. The smallest absolute Gasteiger partial charge is 0.416 e. The predicted molar refractivity (Wildman–Crippen MR) is 139 cm³/mol. The maximum absolute atomic E-state index is 13.6. The number of hydrogen-bond donors (Lipinski definition) is 2. The number of methoxy groups -OCH3 is 1. The third-order valence-electron chi connectivity index (χ3n) is 5.95. The van der Waals surface area contributed by atoms with Crippen molar-refractivity contribution in [2.24, 2.45) is 4.99 Å².